The summed E-state index contributed by atoms with van der Waals surface area (Å²) < 4.78 is 22.5. The Morgan fingerprint density at radius 3 is 2.09 bits per heavy atom. The molecule has 1 aliphatic rings. The number of nitrogens with one attached hydrogen (secondary N) is 1. The minimum absolute atomic E-state index is 0.172. The van der Waals surface area contributed by atoms with Crippen LogP contribution in [0.1, 0.15) is 63.3 Å². The Morgan fingerprint density at radius 1 is 1.03 bits per heavy atom. The van der Waals surface area contributed by atoms with Crippen molar-refractivity contribution in [1.29, 1.82) is 0 Å². The van der Waals surface area contributed by atoms with Crippen molar-refractivity contribution < 1.29 is 13.6 Å². The highest BCUT2D eigenvalue weighted by molar-refractivity contribution is 6.99. The summed E-state index contributed by atoms with van der Waals surface area (Å²) in [5, 5.41) is 5.09. The van der Waals surface area contributed by atoms with Gasteiger partial charge in [0.15, 0.2) is 0 Å². The molecular weight excluding hydrogens is 441 g/mol. The normalized spacial score (nSPS) is 16.1. The van der Waals surface area contributed by atoms with Gasteiger partial charge in [-0.15, -0.1) is 0 Å². The summed E-state index contributed by atoms with van der Waals surface area (Å²) in [6.45, 7) is 10.1. The molecule has 34 heavy (non-hydrogen) atoms. The maximum Gasteiger partial charge on any atom is 0.261 e. The number of carbonyl (C=O) groups is 1. The van der Waals surface area contributed by atoms with Gasteiger partial charge in [0.2, 0.25) is 5.91 Å². The third-order valence-electron chi connectivity index (χ3n) is 6.95. The van der Waals surface area contributed by atoms with E-state index in [9.17, 15) is 4.79 Å². The van der Waals surface area contributed by atoms with Crippen molar-refractivity contribution >= 4 is 30.3 Å². The van der Waals surface area contributed by atoms with Gasteiger partial charge in [-0.3, -0.25) is 4.79 Å². The van der Waals surface area contributed by atoms with Crippen LogP contribution in [0.3, 0.4) is 0 Å². The van der Waals surface area contributed by atoms with Crippen molar-refractivity contribution in [3.05, 3.63) is 89.2 Å². The molecule has 1 atom stereocenters. The monoisotopic (exact) mass is 475 g/mol. The van der Waals surface area contributed by atoms with Gasteiger partial charge in [-0.2, -0.15) is 0 Å². The fourth-order valence-corrected chi connectivity index (χ4v) is 10.1. The van der Waals surface area contributed by atoms with Gasteiger partial charge in [0, 0.05) is 12.6 Å². The van der Waals surface area contributed by atoms with Crippen molar-refractivity contribution in [3.63, 3.8) is 0 Å². The lowest BCUT2D eigenvalue weighted by Crippen LogP contribution is -2.67. The number of carbonyl (C=O) groups excluding carboxylic acids is 1. The number of hydrogen-bond donors (Lipinski definition) is 1. The molecule has 0 fully saturated rings. The maximum absolute atomic E-state index is 15.1. The predicted octanol–water partition coefficient (Wildman–Crippen LogP) is 6.05. The van der Waals surface area contributed by atoms with Crippen LogP contribution < -0.4 is 15.7 Å². The number of anilines is 1. The molecule has 1 unspecified atom stereocenters. The van der Waals surface area contributed by atoms with E-state index in [1.54, 1.807) is 0 Å². The number of halogens is 1. The Morgan fingerprint density at radius 2 is 1.59 bits per heavy atom. The Labute approximate surface area is 203 Å². The SMILES string of the molecule is CC(=O)Nc1cc(F)c(C)c2c1CCCC2O[Si](c1ccccc1)(c1ccccc1)C(C)(C)C. The Balaban J connectivity index is 1.93. The zero-order chi connectivity index (χ0) is 24.5. The molecule has 0 saturated carbocycles. The molecule has 5 heteroatoms. The van der Waals surface area contributed by atoms with Crippen LogP contribution in [0.15, 0.2) is 66.7 Å². The summed E-state index contributed by atoms with van der Waals surface area (Å²) in [5.74, 6) is -0.499. The molecule has 1 amide bonds. The smallest absolute Gasteiger partial charge is 0.261 e. The fourth-order valence-electron chi connectivity index (χ4n) is 5.46. The van der Waals surface area contributed by atoms with Crippen molar-refractivity contribution in [3.8, 4) is 0 Å². The van der Waals surface area contributed by atoms with E-state index in [0.29, 0.717) is 11.3 Å². The molecule has 1 aliphatic carbocycles. The van der Waals surface area contributed by atoms with Gasteiger partial charge in [0.05, 0.1) is 6.10 Å². The van der Waals surface area contributed by atoms with Gasteiger partial charge in [0.25, 0.3) is 8.32 Å². The molecule has 3 aromatic rings. The molecule has 0 bridgehead atoms. The predicted molar refractivity (Wildman–Crippen MR) is 140 cm³/mol. The molecule has 4 rings (SSSR count). The van der Waals surface area contributed by atoms with E-state index in [0.717, 1.165) is 30.4 Å². The van der Waals surface area contributed by atoms with E-state index < -0.39 is 8.32 Å². The number of hydrogen-bond acceptors (Lipinski definition) is 2. The van der Waals surface area contributed by atoms with Gasteiger partial charge in [0.1, 0.15) is 5.82 Å². The van der Waals surface area contributed by atoms with E-state index >= 15 is 4.39 Å². The fraction of sp³-hybridized carbons (Fsp3) is 0.345. The van der Waals surface area contributed by atoms with Crippen molar-refractivity contribution in [2.24, 2.45) is 0 Å². The lowest BCUT2D eigenvalue weighted by atomic mass is 9.85. The third-order valence-corrected chi connectivity index (χ3v) is 12.0. The van der Waals surface area contributed by atoms with Crippen LogP contribution in [-0.4, -0.2) is 14.2 Å². The summed E-state index contributed by atoms with van der Waals surface area (Å²) in [6, 6.07) is 22.5. The van der Waals surface area contributed by atoms with Crippen molar-refractivity contribution in [1.82, 2.24) is 0 Å². The first-order chi connectivity index (χ1) is 16.1. The second-order valence-electron chi connectivity index (χ2n) is 10.3. The van der Waals surface area contributed by atoms with Crippen LogP contribution in [0, 0.1) is 12.7 Å². The van der Waals surface area contributed by atoms with E-state index in [-0.39, 0.29) is 22.9 Å². The number of benzene rings is 3. The van der Waals surface area contributed by atoms with Crippen LogP contribution in [0.2, 0.25) is 5.04 Å². The zero-order valence-corrected chi connectivity index (χ0v) is 21.7. The molecule has 0 aromatic heterocycles. The van der Waals surface area contributed by atoms with Crippen LogP contribution in [0.4, 0.5) is 10.1 Å². The van der Waals surface area contributed by atoms with Gasteiger partial charge < -0.3 is 9.74 Å². The van der Waals surface area contributed by atoms with E-state index in [4.69, 9.17) is 4.43 Å². The highest BCUT2D eigenvalue weighted by Crippen LogP contribution is 2.45. The number of amides is 1. The second-order valence-corrected chi connectivity index (χ2v) is 14.5. The van der Waals surface area contributed by atoms with Gasteiger partial charge in [-0.1, -0.05) is 81.4 Å². The van der Waals surface area contributed by atoms with Crippen LogP contribution >= 0.6 is 0 Å². The molecule has 1 N–H and O–H groups in total. The first-order valence-corrected chi connectivity index (χ1v) is 13.9. The number of fused-ring (bicyclic) bond motifs is 1. The maximum atomic E-state index is 15.1. The summed E-state index contributed by atoms with van der Waals surface area (Å²) in [5.41, 5.74) is 3.10. The highest BCUT2D eigenvalue weighted by atomic mass is 28.4. The first kappa shape index (κ1) is 24.4. The van der Waals surface area contributed by atoms with Crippen LogP contribution in [-0.2, 0) is 15.6 Å². The second kappa shape index (κ2) is 9.47. The Bertz CT molecular complexity index is 1130. The average Bonchev–Trinajstić information content (AvgIpc) is 2.80. The standard InChI is InChI=1S/C29H34FNO2Si/c1-20-25(30)19-26(31-21(2)32)24-17-12-18-27(28(20)24)33-34(29(3,4)5,22-13-8-6-9-14-22)23-15-10-7-11-16-23/h6-11,13-16,19,27H,12,17-18H2,1-5H3,(H,31,32). The topological polar surface area (TPSA) is 38.3 Å². The minimum Gasteiger partial charge on any atom is -0.400 e. The largest absolute Gasteiger partial charge is 0.400 e. The zero-order valence-electron chi connectivity index (χ0n) is 20.7. The molecule has 0 radical (unpaired) electrons. The number of rotatable bonds is 5. The first-order valence-electron chi connectivity index (χ1n) is 12.0. The summed E-state index contributed by atoms with van der Waals surface area (Å²) in [6.07, 6.45) is 2.29. The van der Waals surface area contributed by atoms with E-state index in [2.05, 4.69) is 74.6 Å². The Kier molecular flexibility index (Phi) is 6.79. The summed E-state index contributed by atoms with van der Waals surface area (Å²) in [7, 11) is -2.80. The van der Waals surface area contributed by atoms with Crippen molar-refractivity contribution in [2.45, 2.75) is 65.0 Å². The minimum atomic E-state index is -2.80. The lowest BCUT2D eigenvalue weighted by molar-refractivity contribution is -0.114. The molecule has 0 spiro atoms. The molecule has 0 heterocycles. The lowest BCUT2D eigenvalue weighted by Gasteiger charge is -2.46. The summed E-state index contributed by atoms with van der Waals surface area (Å²) >= 11 is 0. The van der Waals surface area contributed by atoms with Gasteiger partial charge in [-0.05, 0) is 64.4 Å². The van der Waals surface area contributed by atoms with Crippen molar-refractivity contribution in [2.75, 3.05) is 5.32 Å². The van der Waals surface area contributed by atoms with Crippen LogP contribution in [0.25, 0.3) is 0 Å². The molecule has 0 aliphatic heterocycles. The molecular formula is C29H34FNO2Si. The third kappa shape index (κ3) is 4.35. The van der Waals surface area contributed by atoms with Gasteiger partial charge >= 0.3 is 0 Å². The molecule has 3 aromatic carbocycles. The van der Waals surface area contributed by atoms with E-state index in [1.165, 1.54) is 23.4 Å². The quantitative estimate of drug-likeness (QED) is 0.457. The Hall–Kier alpha value is -2.76. The average molecular weight is 476 g/mol. The van der Waals surface area contributed by atoms with Crippen LogP contribution in [0.5, 0.6) is 0 Å². The van der Waals surface area contributed by atoms with E-state index in [1.807, 2.05) is 19.1 Å². The molecule has 0 saturated heterocycles. The molecule has 3 nitrogen and oxygen atoms in total. The highest BCUT2D eigenvalue weighted by Gasteiger charge is 2.52. The summed E-state index contributed by atoms with van der Waals surface area (Å²) in [4.78, 5) is 11.8. The van der Waals surface area contributed by atoms with Gasteiger partial charge in [-0.25, -0.2) is 4.39 Å². The molecule has 178 valence electrons.